The number of carbonyl (C=O) groups is 1. The van der Waals surface area contributed by atoms with Crippen molar-refractivity contribution >= 4 is 21.8 Å². The molecular weight excluding hydrogens is 225 g/mol. The lowest BCUT2D eigenvalue weighted by atomic mass is 10.1. The monoisotopic (exact) mass is 231 g/mol. The highest BCUT2D eigenvalue weighted by Crippen LogP contribution is 2.20. The average molecular weight is 232 g/mol. The van der Waals surface area contributed by atoms with Gasteiger partial charge in [0.25, 0.3) is 0 Å². The van der Waals surface area contributed by atoms with Gasteiger partial charge in [-0.3, -0.25) is 4.79 Å². The van der Waals surface area contributed by atoms with Crippen molar-refractivity contribution in [3.8, 4) is 0 Å². The molecule has 1 amide bonds. The summed E-state index contributed by atoms with van der Waals surface area (Å²) in [7, 11) is 0. The second kappa shape index (κ2) is 3.23. The number of hydrogen-bond donors (Lipinski definition) is 1. The minimum Gasteiger partial charge on any atom is -0.366 e. The number of primary amides is 1. The van der Waals surface area contributed by atoms with Crippen LogP contribution >= 0.6 is 15.9 Å². The molecular formula is C8H7BrFNO. The Balaban J connectivity index is 3.37. The third kappa shape index (κ3) is 1.64. The van der Waals surface area contributed by atoms with E-state index < -0.39 is 11.7 Å². The summed E-state index contributed by atoms with van der Waals surface area (Å²) >= 11 is 3.12. The number of hydrogen-bond acceptors (Lipinski definition) is 1. The van der Waals surface area contributed by atoms with Crippen LogP contribution < -0.4 is 5.73 Å². The van der Waals surface area contributed by atoms with Gasteiger partial charge in [-0.2, -0.15) is 0 Å². The summed E-state index contributed by atoms with van der Waals surface area (Å²) in [5.41, 5.74) is 5.89. The van der Waals surface area contributed by atoms with Gasteiger partial charge in [0.05, 0.1) is 0 Å². The van der Waals surface area contributed by atoms with Crippen LogP contribution in [0.3, 0.4) is 0 Å². The molecule has 0 aliphatic rings. The number of carbonyl (C=O) groups excluding carboxylic acids is 1. The fraction of sp³-hybridized carbons (Fsp3) is 0.125. The lowest BCUT2D eigenvalue weighted by Gasteiger charge is -2.03. The first-order chi connectivity index (χ1) is 5.52. The Bertz CT molecular complexity index is 338. The predicted octanol–water partition coefficient (Wildman–Crippen LogP) is 2.00. The van der Waals surface area contributed by atoms with Crippen molar-refractivity contribution < 1.29 is 9.18 Å². The van der Waals surface area contributed by atoms with E-state index in [1.165, 1.54) is 6.07 Å². The molecule has 0 atom stereocenters. The summed E-state index contributed by atoms with van der Waals surface area (Å²) in [6.45, 7) is 1.70. The Morgan fingerprint density at radius 1 is 1.58 bits per heavy atom. The Kier molecular flexibility index (Phi) is 2.47. The number of rotatable bonds is 1. The van der Waals surface area contributed by atoms with Crippen LogP contribution in [0.5, 0.6) is 0 Å². The molecule has 4 heteroatoms. The van der Waals surface area contributed by atoms with Crippen molar-refractivity contribution in [3.63, 3.8) is 0 Å². The molecule has 0 aliphatic heterocycles. The number of nitrogens with two attached hydrogens (primary N) is 1. The van der Waals surface area contributed by atoms with Crippen LogP contribution in [-0.2, 0) is 0 Å². The van der Waals surface area contributed by atoms with E-state index in [1.54, 1.807) is 6.92 Å². The van der Waals surface area contributed by atoms with E-state index in [2.05, 4.69) is 15.9 Å². The van der Waals surface area contributed by atoms with Crippen LogP contribution in [0.4, 0.5) is 4.39 Å². The van der Waals surface area contributed by atoms with Gasteiger partial charge in [-0.15, -0.1) is 0 Å². The number of halogens is 2. The molecule has 0 unspecified atom stereocenters. The van der Waals surface area contributed by atoms with Gasteiger partial charge in [-0.1, -0.05) is 15.9 Å². The average Bonchev–Trinajstić information content (AvgIpc) is 1.96. The summed E-state index contributed by atoms with van der Waals surface area (Å²) in [6.07, 6.45) is 0. The molecule has 1 aromatic rings. The van der Waals surface area contributed by atoms with Gasteiger partial charge in [0, 0.05) is 10.0 Å². The van der Waals surface area contributed by atoms with Gasteiger partial charge in [0.2, 0.25) is 5.91 Å². The summed E-state index contributed by atoms with van der Waals surface area (Å²) in [4.78, 5) is 10.8. The van der Waals surface area contributed by atoms with Crippen molar-refractivity contribution in [3.05, 3.63) is 33.5 Å². The molecule has 0 aromatic heterocycles. The van der Waals surface area contributed by atoms with E-state index in [-0.39, 0.29) is 5.56 Å². The van der Waals surface area contributed by atoms with Crippen LogP contribution in [-0.4, -0.2) is 5.91 Å². The van der Waals surface area contributed by atoms with E-state index in [0.29, 0.717) is 10.0 Å². The fourth-order valence-electron chi connectivity index (χ4n) is 0.902. The Morgan fingerprint density at radius 2 is 2.17 bits per heavy atom. The van der Waals surface area contributed by atoms with Crippen LogP contribution in [0, 0.1) is 12.7 Å². The maximum atomic E-state index is 12.7. The molecule has 0 heterocycles. The van der Waals surface area contributed by atoms with E-state index in [1.807, 2.05) is 0 Å². The fourth-order valence-corrected chi connectivity index (χ4v) is 1.33. The molecule has 64 valence electrons. The zero-order valence-electron chi connectivity index (χ0n) is 6.40. The highest BCUT2D eigenvalue weighted by atomic mass is 79.9. The molecule has 0 bridgehead atoms. The van der Waals surface area contributed by atoms with E-state index in [0.717, 1.165) is 6.07 Å². The van der Waals surface area contributed by atoms with Crippen molar-refractivity contribution in [2.24, 2.45) is 5.73 Å². The minimum atomic E-state index is -0.618. The number of benzene rings is 1. The molecule has 12 heavy (non-hydrogen) atoms. The van der Waals surface area contributed by atoms with Gasteiger partial charge in [0.15, 0.2) is 0 Å². The van der Waals surface area contributed by atoms with Crippen molar-refractivity contribution in [2.45, 2.75) is 6.92 Å². The van der Waals surface area contributed by atoms with E-state index in [4.69, 9.17) is 5.73 Å². The summed E-state index contributed by atoms with van der Waals surface area (Å²) in [6, 6.07) is 2.42. The van der Waals surface area contributed by atoms with Crippen LogP contribution in [0.25, 0.3) is 0 Å². The van der Waals surface area contributed by atoms with Crippen molar-refractivity contribution in [2.75, 3.05) is 0 Å². The molecule has 0 saturated carbocycles. The largest absolute Gasteiger partial charge is 0.366 e. The van der Waals surface area contributed by atoms with Gasteiger partial charge in [0.1, 0.15) is 5.82 Å². The molecule has 1 rings (SSSR count). The van der Waals surface area contributed by atoms with Crippen LogP contribution in [0.1, 0.15) is 15.9 Å². The first kappa shape index (κ1) is 9.19. The van der Waals surface area contributed by atoms with Crippen molar-refractivity contribution in [1.82, 2.24) is 0 Å². The van der Waals surface area contributed by atoms with Gasteiger partial charge in [-0.25, -0.2) is 4.39 Å². The molecule has 2 nitrogen and oxygen atoms in total. The zero-order valence-corrected chi connectivity index (χ0v) is 7.98. The lowest BCUT2D eigenvalue weighted by Crippen LogP contribution is -2.13. The standard InChI is InChI=1S/C8H7BrFNO/c1-4-6(8(11)12)2-5(10)3-7(4)9/h2-3H,1H3,(H2,11,12). The van der Waals surface area contributed by atoms with Crippen LogP contribution in [0.15, 0.2) is 16.6 Å². The third-order valence-corrected chi connectivity index (χ3v) is 2.40. The highest BCUT2D eigenvalue weighted by molar-refractivity contribution is 9.10. The number of amides is 1. The zero-order chi connectivity index (χ0) is 9.30. The molecule has 0 fully saturated rings. The van der Waals surface area contributed by atoms with Crippen molar-refractivity contribution in [1.29, 1.82) is 0 Å². The summed E-state index contributed by atoms with van der Waals surface area (Å²) in [5, 5.41) is 0. The lowest BCUT2D eigenvalue weighted by molar-refractivity contribution is 0.0999. The minimum absolute atomic E-state index is 0.210. The Labute approximate surface area is 77.7 Å². The normalized spacial score (nSPS) is 9.92. The Morgan fingerprint density at radius 3 is 2.67 bits per heavy atom. The maximum absolute atomic E-state index is 12.7. The quantitative estimate of drug-likeness (QED) is 0.790. The first-order valence-corrected chi connectivity index (χ1v) is 4.07. The SMILES string of the molecule is Cc1c(Br)cc(F)cc1C(N)=O. The third-order valence-electron chi connectivity index (χ3n) is 1.57. The molecule has 1 aromatic carbocycles. The highest BCUT2D eigenvalue weighted by Gasteiger charge is 2.09. The maximum Gasteiger partial charge on any atom is 0.249 e. The van der Waals surface area contributed by atoms with Gasteiger partial charge >= 0.3 is 0 Å². The molecule has 0 radical (unpaired) electrons. The smallest absolute Gasteiger partial charge is 0.249 e. The molecule has 2 N–H and O–H groups in total. The molecule has 0 aliphatic carbocycles. The first-order valence-electron chi connectivity index (χ1n) is 3.28. The summed E-state index contributed by atoms with van der Waals surface area (Å²) in [5.74, 6) is -1.09. The van der Waals surface area contributed by atoms with Gasteiger partial charge in [-0.05, 0) is 24.6 Å². The Hall–Kier alpha value is -0.900. The van der Waals surface area contributed by atoms with Crippen LogP contribution in [0.2, 0.25) is 0 Å². The second-order valence-electron chi connectivity index (χ2n) is 2.42. The molecule has 0 saturated heterocycles. The van der Waals surface area contributed by atoms with E-state index in [9.17, 15) is 9.18 Å². The molecule has 0 spiro atoms. The topological polar surface area (TPSA) is 43.1 Å². The second-order valence-corrected chi connectivity index (χ2v) is 3.28. The van der Waals surface area contributed by atoms with E-state index >= 15 is 0 Å². The van der Waals surface area contributed by atoms with Gasteiger partial charge < -0.3 is 5.73 Å². The summed E-state index contributed by atoms with van der Waals surface area (Å²) < 4.78 is 13.3. The predicted molar refractivity (Wildman–Crippen MR) is 47.4 cm³/mol.